The molecule has 26 heavy (non-hydrogen) atoms. The van der Waals surface area contributed by atoms with Gasteiger partial charge in [0.05, 0.1) is 30.3 Å². The first kappa shape index (κ1) is 17.2. The zero-order valence-corrected chi connectivity index (χ0v) is 13.8. The molecule has 0 unspecified atom stereocenters. The molecular weight excluding hydrogens is 342 g/mol. The average Bonchev–Trinajstić information content (AvgIpc) is 2.65. The molecule has 0 bridgehead atoms. The van der Waals surface area contributed by atoms with Crippen LogP contribution in [-0.2, 0) is 4.74 Å². The van der Waals surface area contributed by atoms with Crippen molar-refractivity contribution in [3.8, 4) is 11.5 Å². The maximum absolute atomic E-state index is 12.7. The second-order valence-electron chi connectivity index (χ2n) is 5.30. The summed E-state index contributed by atoms with van der Waals surface area (Å²) in [4.78, 5) is 35.5. The summed E-state index contributed by atoms with van der Waals surface area (Å²) in [7, 11) is 2.81. The van der Waals surface area contributed by atoms with Crippen LogP contribution in [0, 0.1) is 10.1 Å². The van der Waals surface area contributed by atoms with Crippen LogP contribution in [0.5, 0.6) is 11.5 Å². The van der Waals surface area contributed by atoms with Gasteiger partial charge in [0, 0.05) is 11.6 Å². The molecule has 0 amide bonds. The Morgan fingerprint density at radius 1 is 1.04 bits per heavy atom. The molecule has 0 saturated heterocycles. The third-order valence-electron chi connectivity index (χ3n) is 3.83. The van der Waals surface area contributed by atoms with Gasteiger partial charge in [0.25, 0.3) is 5.69 Å². The number of benzene rings is 2. The van der Waals surface area contributed by atoms with E-state index in [4.69, 9.17) is 14.2 Å². The number of hydrogen-bond acceptors (Lipinski definition) is 7. The topological polar surface area (TPSA) is 105 Å². The highest BCUT2D eigenvalue weighted by molar-refractivity contribution is 6.20. The van der Waals surface area contributed by atoms with Gasteiger partial charge in [-0.1, -0.05) is 12.1 Å². The second kappa shape index (κ2) is 6.67. The number of nitro groups is 1. The molecule has 0 atom stereocenters. The van der Waals surface area contributed by atoms with Gasteiger partial charge in [0.2, 0.25) is 5.78 Å². The zero-order valence-electron chi connectivity index (χ0n) is 13.8. The number of ether oxygens (including phenoxy) is 3. The highest BCUT2D eigenvalue weighted by Gasteiger charge is 2.32. The van der Waals surface area contributed by atoms with E-state index < -0.39 is 16.7 Å². The van der Waals surface area contributed by atoms with Crippen LogP contribution in [0.3, 0.4) is 0 Å². The smallest absolute Gasteiger partial charge is 0.344 e. The fourth-order valence-electron chi connectivity index (χ4n) is 2.58. The van der Waals surface area contributed by atoms with E-state index in [0.29, 0.717) is 0 Å². The number of fused-ring (bicyclic) bond motifs is 1. The fraction of sp³-hybridized carbons (Fsp3) is 0.111. The molecule has 0 spiro atoms. The first-order valence-electron chi connectivity index (χ1n) is 7.44. The lowest BCUT2D eigenvalue weighted by Crippen LogP contribution is -2.22. The highest BCUT2D eigenvalue weighted by Crippen LogP contribution is 2.35. The number of cyclic esters (lactones) is 1. The van der Waals surface area contributed by atoms with Crippen molar-refractivity contribution in [1.29, 1.82) is 0 Å². The number of carbonyl (C=O) groups excluding carboxylic acids is 2. The predicted molar refractivity (Wildman–Crippen MR) is 90.4 cm³/mol. The number of para-hydroxylation sites is 1. The Morgan fingerprint density at radius 3 is 2.27 bits per heavy atom. The molecule has 8 nitrogen and oxygen atoms in total. The van der Waals surface area contributed by atoms with Gasteiger partial charge in [-0.15, -0.1) is 0 Å². The zero-order chi connectivity index (χ0) is 18.8. The number of ketones is 1. The second-order valence-corrected chi connectivity index (χ2v) is 5.30. The number of carbonyl (C=O) groups is 2. The van der Waals surface area contributed by atoms with Crippen molar-refractivity contribution in [2.75, 3.05) is 14.2 Å². The maximum atomic E-state index is 12.7. The summed E-state index contributed by atoms with van der Waals surface area (Å²) >= 11 is 0. The molecule has 8 heteroatoms. The molecule has 3 rings (SSSR count). The maximum Gasteiger partial charge on any atom is 0.344 e. The Morgan fingerprint density at radius 2 is 1.65 bits per heavy atom. The summed E-state index contributed by atoms with van der Waals surface area (Å²) in [5.74, 6) is -1.09. The number of allylic oxidation sites excluding steroid dienone is 1. The summed E-state index contributed by atoms with van der Waals surface area (Å²) in [6, 6.07) is 8.57. The first-order valence-corrected chi connectivity index (χ1v) is 7.44. The summed E-state index contributed by atoms with van der Waals surface area (Å²) in [6.45, 7) is 0. The highest BCUT2D eigenvalue weighted by atomic mass is 16.6. The number of esters is 1. The Labute approximate surface area is 147 Å². The van der Waals surface area contributed by atoms with Crippen LogP contribution in [0.15, 0.2) is 42.2 Å². The molecule has 0 N–H and O–H groups in total. The van der Waals surface area contributed by atoms with Crippen molar-refractivity contribution >= 4 is 23.5 Å². The lowest BCUT2D eigenvalue weighted by molar-refractivity contribution is -0.385. The van der Waals surface area contributed by atoms with Gasteiger partial charge in [0.1, 0.15) is 0 Å². The van der Waals surface area contributed by atoms with Crippen LogP contribution < -0.4 is 9.47 Å². The standard InChI is InChI=1S/C18H13NO7/c1-24-14-8-11-12(9-15(14)25-2)18(21)26-16(17(11)20)7-10-5-3-4-6-13(10)19(22)23/h3-9H,1-2H3/b16-7+. The van der Waals surface area contributed by atoms with Gasteiger partial charge in [0.15, 0.2) is 17.3 Å². The van der Waals surface area contributed by atoms with Crippen molar-refractivity contribution in [3.05, 3.63) is 69.0 Å². The Bertz CT molecular complexity index is 962. The van der Waals surface area contributed by atoms with Crippen molar-refractivity contribution in [3.63, 3.8) is 0 Å². The van der Waals surface area contributed by atoms with Crippen molar-refractivity contribution < 1.29 is 28.7 Å². The molecule has 0 fully saturated rings. The molecule has 1 aliphatic heterocycles. The molecule has 0 aromatic heterocycles. The molecule has 2 aromatic carbocycles. The number of hydrogen-bond donors (Lipinski definition) is 0. The van der Waals surface area contributed by atoms with Crippen LogP contribution in [0.4, 0.5) is 5.69 Å². The minimum absolute atomic E-state index is 0.0346. The number of nitro benzene ring substituents is 1. The molecule has 0 aliphatic carbocycles. The van der Waals surface area contributed by atoms with E-state index in [2.05, 4.69) is 0 Å². The molecule has 0 radical (unpaired) electrons. The SMILES string of the molecule is COc1cc2c(cc1OC)C(=O)/C(=C\c1ccccc1[N+](=O)[O-])OC2=O. The summed E-state index contributed by atoms with van der Waals surface area (Å²) in [5.41, 5.74) is 0.0515. The van der Waals surface area contributed by atoms with Crippen molar-refractivity contribution in [2.45, 2.75) is 0 Å². The number of Topliss-reactive ketones (excluding diaryl/α,β-unsaturated/α-hetero) is 1. The summed E-state index contributed by atoms with van der Waals surface area (Å²) in [5, 5.41) is 11.1. The lowest BCUT2D eigenvalue weighted by Gasteiger charge is -2.19. The Balaban J connectivity index is 2.11. The van der Waals surface area contributed by atoms with Gasteiger partial charge in [-0.05, 0) is 24.3 Å². The Hall–Kier alpha value is -3.68. The summed E-state index contributed by atoms with van der Waals surface area (Å²) < 4.78 is 15.4. The first-order chi connectivity index (χ1) is 12.5. The number of nitrogens with zero attached hydrogens (tertiary/aromatic N) is 1. The van der Waals surface area contributed by atoms with E-state index in [1.807, 2.05) is 0 Å². The normalized spacial score (nSPS) is 14.6. The van der Waals surface area contributed by atoms with Crippen molar-refractivity contribution in [1.82, 2.24) is 0 Å². The average molecular weight is 355 g/mol. The predicted octanol–water partition coefficient (Wildman–Crippen LogP) is 3.01. The van der Waals surface area contributed by atoms with Crippen LogP contribution in [0.25, 0.3) is 6.08 Å². The minimum atomic E-state index is -0.759. The Kier molecular flexibility index (Phi) is 4.40. The molecule has 1 aliphatic rings. The third kappa shape index (κ3) is 2.88. The van der Waals surface area contributed by atoms with Gasteiger partial charge >= 0.3 is 5.97 Å². The van der Waals surface area contributed by atoms with E-state index in [1.165, 1.54) is 50.6 Å². The van der Waals surface area contributed by atoms with Gasteiger partial charge in [-0.25, -0.2) is 4.79 Å². The monoisotopic (exact) mass is 355 g/mol. The molecule has 0 saturated carbocycles. The fourth-order valence-corrected chi connectivity index (χ4v) is 2.58. The number of methoxy groups -OCH3 is 2. The van der Waals surface area contributed by atoms with Gasteiger partial charge in [-0.2, -0.15) is 0 Å². The quantitative estimate of drug-likeness (QED) is 0.359. The van der Waals surface area contributed by atoms with Crippen LogP contribution in [-0.4, -0.2) is 30.9 Å². The third-order valence-corrected chi connectivity index (χ3v) is 3.83. The lowest BCUT2D eigenvalue weighted by atomic mass is 9.97. The van der Waals surface area contributed by atoms with E-state index in [-0.39, 0.29) is 39.6 Å². The minimum Gasteiger partial charge on any atom is -0.493 e. The van der Waals surface area contributed by atoms with E-state index in [1.54, 1.807) is 6.07 Å². The van der Waals surface area contributed by atoms with Gasteiger partial charge < -0.3 is 14.2 Å². The van der Waals surface area contributed by atoms with E-state index in [9.17, 15) is 19.7 Å². The summed E-state index contributed by atoms with van der Waals surface area (Å²) in [6.07, 6.45) is 1.18. The molecular formula is C18H13NO7. The molecule has 1 heterocycles. The van der Waals surface area contributed by atoms with Crippen molar-refractivity contribution in [2.24, 2.45) is 0 Å². The van der Waals surface area contributed by atoms with Gasteiger partial charge in [-0.3, -0.25) is 14.9 Å². The molecule has 2 aromatic rings. The van der Waals surface area contributed by atoms with E-state index >= 15 is 0 Å². The van der Waals surface area contributed by atoms with Crippen LogP contribution in [0.1, 0.15) is 26.3 Å². The number of rotatable bonds is 4. The van der Waals surface area contributed by atoms with Crippen LogP contribution >= 0.6 is 0 Å². The van der Waals surface area contributed by atoms with E-state index in [0.717, 1.165) is 0 Å². The molecule has 132 valence electrons. The van der Waals surface area contributed by atoms with Crippen LogP contribution in [0.2, 0.25) is 0 Å². The largest absolute Gasteiger partial charge is 0.493 e.